The van der Waals surface area contributed by atoms with Crippen molar-refractivity contribution in [2.24, 2.45) is 0 Å². The number of nitro groups is 1. The second-order valence-corrected chi connectivity index (χ2v) is 3.23. The molecule has 98 valence electrons. The monoisotopic (exact) mass is 267 g/mol. The fraction of sp³-hybridized carbons (Fsp3) is 0.200. The van der Waals surface area contributed by atoms with Crippen molar-refractivity contribution in [3.05, 3.63) is 50.5 Å². The highest BCUT2D eigenvalue weighted by Crippen LogP contribution is 2.25. The number of nitrogens with zero attached hydrogens (tertiary/aromatic N) is 1. The minimum absolute atomic E-state index is 0.230. The molecule has 0 heterocycles. The minimum Gasteiger partial charge on any atom is -0.259 e. The maximum Gasteiger partial charge on any atom is 0.246 e. The predicted octanol–water partition coefficient (Wildman–Crippen LogP) is 3.41. The molecular formula is C10H6F5NO2. The highest BCUT2D eigenvalue weighted by Gasteiger charge is 2.26. The molecule has 1 aromatic rings. The van der Waals surface area contributed by atoms with Crippen LogP contribution >= 0.6 is 0 Å². The van der Waals surface area contributed by atoms with Gasteiger partial charge in [-0.25, -0.2) is 22.0 Å². The van der Waals surface area contributed by atoms with E-state index in [4.69, 9.17) is 0 Å². The van der Waals surface area contributed by atoms with Crippen LogP contribution < -0.4 is 0 Å². The highest BCUT2D eigenvalue weighted by molar-refractivity contribution is 5.53. The van der Waals surface area contributed by atoms with Crippen LogP contribution in [0, 0.1) is 39.2 Å². The minimum atomic E-state index is -2.30. The number of allylic oxidation sites excluding steroid dienone is 1. The molecule has 3 nitrogen and oxygen atoms in total. The Labute approximate surface area is 97.7 Å². The van der Waals surface area contributed by atoms with Crippen molar-refractivity contribution in [1.29, 1.82) is 0 Å². The zero-order valence-corrected chi connectivity index (χ0v) is 8.94. The number of rotatable bonds is 3. The topological polar surface area (TPSA) is 43.1 Å². The van der Waals surface area contributed by atoms with E-state index in [0.29, 0.717) is 6.08 Å². The van der Waals surface area contributed by atoms with Gasteiger partial charge in [-0.15, -0.1) is 0 Å². The van der Waals surface area contributed by atoms with E-state index < -0.39 is 45.3 Å². The van der Waals surface area contributed by atoms with Gasteiger partial charge in [0.1, 0.15) is 0 Å². The first-order valence-corrected chi connectivity index (χ1v) is 4.67. The third-order valence-electron chi connectivity index (χ3n) is 2.15. The van der Waals surface area contributed by atoms with E-state index in [1.165, 1.54) is 6.92 Å². The Morgan fingerprint density at radius 1 is 1.06 bits per heavy atom. The summed E-state index contributed by atoms with van der Waals surface area (Å²) in [6.45, 7) is 1.31. The predicted molar refractivity (Wildman–Crippen MR) is 51.5 cm³/mol. The van der Waals surface area contributed by atoms with E-state index in [0.717, 1.165) is 0 Å². The molecule has 0 aromatic heterocycles. The van der Waals surface area contributed by atoms with Gasteiger partial charge >= 0.3 is 0 Å². The lowest BCUT2D eigenvalue weighted by molar-refractivity contribution is -0.425. The highest BCUT2D eigenvalue weighted by atomic mass is 19.2. The van der Waals surface area contributed by atoms with Crippen molar-refractivity contribution < 1.29 is 26.9 Å². The maximum absolute atomic E-state index is 13.2. The van der Waals surface area contributed by atoms with Crippen molar-refractivity contribution in [3.8, 4) is 0 Å². The first-order valence-electron chi connectivity index (χ1n) is 4.67. The molecule has 0 aliphatic rings. The van der Waals surface area contributed by atoms with Crippen molar-refractivity contribution in [3.63, 3.8) is 0 Å². The Hall–Kier alpha value is -1.99. The number of hydrogen-bond donors (Lipinski definition) is 0. The number of hydrogen-bond acceptors (Lipinski definition) is 2. The molecule has 8 heteroatoms. The van der Waals surface area contributed by atoms with Crippen LogP contribution in [0.2, 0.25) is 0 Å². The van der Waals surface area contributed by atoms with Gasteiger partial charge in [-0.2, -0.15) is 0 Å². The van der Waals surface area contributed by atoms with Gasteiger partial charge in [-0.1, -0.05) is 6.92 Å². The molecule has 0 spiro atoms. The summed E-state index contributed by atoms with van der Waals surface area (Å²) in [6, 6.07) is 0. The standard InChI is InChI=1S/C10H6F5NO2/c1-2-4(16(17)18)3-5-6(11)8(13)10(15)9(14)7(5)12/h3H,2H2,1H3. The molecular weight excluding hydrogens is 261 g/mol. The van der Waals surface area contributed by atoms with Gasteiger partial charge in [-0.3, -0.25) is 10.1 Å². The summed E-state index contributed by atoms with van der Waals surface area (Å²) < 4.78 is 64.6. The van der Waals surface area contributed by atoms with Crippen LogP contribution in [0.5, 0.6) is 0 Å². The second-order valence-electron chi connectivity index (χ2n) is 3.23. The van der Waals surface area contributed by atoms with Crippen LogP contribution in [0.1, 0.15) is 18.9 Å². The first-order chi connectivity index (χ1) is 8.31. The third kappa shape index (κ3) is 2.31. The molecule has 18 heavy (non-hydrogen) atoms. The Bertz CT molecular complexity index is 513. The molecule has 1 rings (SSSR count). The molecule has 0 fully saturated rings. The Kier molecular flexibility index (Phi) is 4.00. The van der Waals surface area contributed by atoms with Gasteiger partial charge in [-0.05, 0) is 0 Å². The molecule has 0 amide bonds. The fourth-order valence-corrected chi connectivity index (χ4v) is 1.20. The van der Waals surface area contributed by atoms with E-state index in [9.17, 15) is 32.1 Å². The molecule has 0 atom stereocenters. The zero-order valence-electron chi connectivity index (χ0n) is 8.94. The van der Waals surface area contributed by atoms with E-state index in [1.54, 1.807) is 0 Å². The van der Waals surface area contributed by atoms with Crippen molar-refractivity contribution in [1.82, 2.24) is 0 Å². The van der Waals surface area contributed by atoms with Gasteiger partial charge < -0.3 is 0 Å². The van der Waals surface area contributed by atoms with E-state index in [2.05, 4.69) is 0 Å². The summed E-state index contributed by atoms with van der Waals surface area (Å²) in [5.74, 6) is -10.8. The molecule has 0 saturated carbocycles. The van der Waals surface area contributed by atoms with Crippen molar-refractivity contribution in [2.45, 2.75) is 13.3 Å². The number of benzene rings is 1. The van der Waals surface area contributed by atoms with Crippen LogP contribution in [0.15, 0.2) is 5.70 Å². The largest absolute Gasteiger partial charge is 0.259 e. The Morgan fingerprint density at radius 3 is 1.78 bits per heavy atom. The zero-order chi connectivity index (χ0) is 14.0. The summed E-state index contributed by atoms with van der Waals surface area (Å²) in [7, 11) is 0. The smallest absolute Gasteiger partial charge is 0.246 e. The van der Waals surface area contributed by atoms with Crippen molar-refractivity contribution in [2.75, 3.05) is 0 Å². The molecule has 0 aliphatic carbocycles. The van der Waals surface area contributed by atoms with Gasteiger partial charge in [0.25, 0.3) is 0 Å². The Balaban J connectivity index is 3.56. The van der Waals surface area contributed by atoms with Gasteiger partial charge in [0.2, 0.25) is 11.5 Å². The maximum atomic E-state index is 13.2. The quantitative estimate of drug-likeness (QED) is 0.277. The van der Waals surface area contributed by atoms with Gasteiger partial charge in [0.15, 0.2) is 23.3 Å². The fourth-order valence-electron chi connectivity index (χ4n) is 1.20. The van der Waals surface area contributed by atoms with Crippen LogP contribution in [0.25, 0.3) is 6.08 Å². The molecule has 0 saturated heterocycles. The summed E-state index contributed by atoms with van der Waals surface area (Å²) >= 11 is 0. The van der Waals surface area contributed by atoms with E-state index in [1.807, 2.05) is 0 Å². The summed E-state index contributed by atoms with van der Waals surface area (Å²) in [4.78, 5) is 9.46. The van der Waals surface area contributed by atoms with Gasteiger partial charge in [0.05, 0.1) is 10.5 Å². The van der Waals surface area contributed by atoms with Gasteiger partial charge in [0, 0.05) is 12.5 Å². The SMILES string of the molecule is CCC(=Cc1c(F)c(F)c(F)c(F)c1F)[N+](=O)[O-]. The second kappa shape index (κ2) is 5.11. The average molecular weight is 267 g/mol. The van der Waals surface area contributed by atoms with Crippen LogP contribution in [-0.2, 0) is 0 Å². The molecule has 0 bridgehead atoms. The lowest BCUT2D eigenvalue weighted by Gasteiger charge is -2.04. The lowest BCUT2D eigenvalue weighted by Crippen LogP contribution is -2.06. The number of halogens is 5. The summed E-state index contributed by atoms with van der Waals surface area (Å²) in [5.41, 5.74) is -1.99. The molecule has 0 radical (unpaired) electrons. The van der Waals surface area contributed by atoms with E-state index in [-0.39, 0.29) is 6.42 Å². The van der Waals surface area contributed by atoms with Crippen LogP contribution in [0.3, 0.4) is 0 Å². The normalized spacial score (nSPS) is 11.8. The van der Waals surface area contributed by atoms with Crippen LogP contribution in [-0.4, -0.2) is 4.92 Å². The summed E-state index contributed by atoms with van der Waals surface area (Å²) in [6.07, 6.45) is 0.1000. The Morgan fingerprint density at radius 2 is 1.44 bits per heavy atom. The lowest BCUT2D eigenvalue weighted by atomic mass is 10.1. The molecule has 0 unspecified atom stereocenters. The summed E-state index contributed by atoms with van der Waals surface area (Å²) in [5, 5.41) is 10.4. The first kappa shape index (κ1) is 14.1. The van der Waals surface area contributed by atoms with Crippen molar-refractivity contribution >= 4 is 6.08 Å². The molecule has 0 N–H and O–H groups in total. The molecule has 1 aromatic carbocycles. The van der Waals surface area contributed by atoms with E-state index >= 15 is 0 Å². The molecule has 0 aliphatic heterocycles. The van der Waals surface area contributed by atoms with Crippen LogP contribution in [0.4, 0.5) is 22.0 Å². The average Bonchev–Trinajstić information content (AvgIpc) is 2.34. The third-order valence-corrected chi connectivity index (χ3v) is 2.15.